The van der Waals surface area contributed by atoms with E-state index in [1.807, 2.05) is 24.1 Å². The third-order valence-corrected chi connectivity index (χ3v) is 2.80. The molecule has 4 nitrogen and oxygen atoms in total. The summed E-state index contributed by atoms with van der Waals surface area (Å²) in [6.45, 7) is 1.52. The van der Waals surface area contributed by atoms with Gasteiger partial charge in [-0.2, -0.15) is 0 Å². The first-order valence-electron chi connectivity index (χ1n) is 5.74. The zero-order chi connectivity index (χ0) is 13.5. The van der Waals surface area contributed by atoms with Gasteiger partial charge in [-0.1, -0.05) is 11.6 Å². The van der Waals surface area contributed by atoms with Gasteiger partial charge in [0, 0.05) is 30.8 Å². The van der Waals surface area contributed by atoms with Crippen LogP contribution in [0.4, 0.5) is 0 Å². The van der Waals surface area contributed by atoms with Crippen LogP contribution in [0, 0.1) is 0 Å². The lowest BCUT2D eigenvalue weighted by atomic mass is 10.2. The Kier molecular flexibility index (Phi) is 6.43. The van der Waals surface area contributed by atoms with Crippen LogP contribution in [0.25, 0.3) is 0 Å². The van der Waals surface area contributed by atoms with E-state index in [1.54, 1.807) is 20.3 Å². The van der Waals surface area contributed by atoms with Crippen molar-refractivity contribution < 1.29 is 14.6 Å². The van der Waals surface area contributed by atoms with Gasteiger partial charge in [0.25, 0.3) is 0 Å². The SMILES string of the molecule is COCC(O)CN(C)Cc1cc(Cl)ccc1OC. The number of benzene rings is 1. The first-order valence-corrected chi connectivity index (χ1v) is 6.12. The van der Waals surface area contributed by atoms with E-state index >= 15 is 0 Å². The summed E-state index contributed by atoms with van der Waals surface area (Å²) in [7, 11) is 5.13. The van der Waals surface area contributed by atoms with E-state index in [1.165, 1.54) is 0 Å². The maximum absolute atomic E-state index is 9.65. The Morgan fingerprint density at radius 3 is 2.72 bits per heavy atom. The zero-order valence-electron chi connectivity index (χ0n) is 11.0. The standard InChI is InChI=1S/C13H20ClNO3/c1-15(8-12(16)9-17-2)7-10-6-11(14)4-5-13(10)18-3/h4-6,12,16H,7-9H2,1-3H3. The summed E-state index contributed by atoms with van der Waals surface area (Å²) in [4.78, 5) is 2.00. The molecule has 5 heteroatoms. The first-order chi connectivity index (χ1) is 8.56. The summed E-state index contributed by atoms with van der Waals surface area (Å²) in [5, 5.41) is 10.3. The van der Waals surface area contributed by atoms with E-state index in [0.29, 0.717) is 24.7 Å². The highest BCUT2D eigenvalue weighted by molar-refractivity contribution is 6.30. The molecule has 1 unspecified atom stereocenters. The minimum atomic E-state index is -0.495. The lowest BCUT2D eigenvalue weighted by Crippen LogP contribution is -2.31. The quantitative estimate of drug-likeness (QED) is 0.822. The molecule has 0 aliphatic rings. The summed E-state index contributed by atoms with van der Waals surface area (Å²) < 4.78 is 10.2. The molecule has 102 valence electrons. The molecule has 0 aliphatic heterocycles. The van der Waals surface area contributed by atoms with Crippen molar-refractivity contribution in [1.29, 1.82) is 0 Å². The van der Waals surface area contributed by atoms with Crippen molar-refractivity contribution in [1.82, 2.24) is 4.90 Å². The molecular formula is C13H20ClNO3. The predicted octanol–water partition coefficient (Wildman–Crippen LogP) is 1.79. The third-order valence-electron chi connectivity index (χ3n) is 2.56. The molecule has 1 N–H and O–H groups in total. The van der Waals surface area contributed by atoms with Gasteiger partial charge in [0.05, 0.1) is 19.8 Å². The molecule has 0 aromatic heterocycles. The minimum absolute atomic E-state index is 0.330. The fourth-order valence-corrected chi connectivity index (χ4v) is 2.03. The molecule has 0 radical (unpaired) electrons. The van der Waals surface area contributed by atoms with Crippen LogP contribution in [0.1, 0.15) is 5.56 Å². The van der Waals surface area contributed by atoms with Crippen LogP contribution >= 0.6 is 11.6 Å². The zero-order valence-corrected chi connectivity index (χ0v) is 11.8. The summed E-state index contributed by atoms with van der Waals surface area (Å²) in [5.74, 6) is 0.799. The fraction of sp³-hybridized carbons (Fsp3) is 0.538. The number of likely N-dealkylation sites (N-methyl/N-ethyl adjacent to an activating group) is 1. The van der Waals surface area contributed by atoms with Crippen molar-refractivity contribution in [3.8, 4) is 5.75 Å². The number of rotatable bonds is 7. The Morgan fingerprint density at radius 2 is 2.11 bits per heavy atom. The smallest absolute Gasteiger partial charge is 0.123 e. The van der Waals surface area contributed by atoms with E-state index in [9.17, 15) is 5.11 Å². The van der Waals surface area contributed by atoms with Crippen molar-refractivity contribution in [2.75, 3.05) is 34.4 Å². The van der Waals surface area contributed by atoms with Crippen molar-refractivity contribution in [3.05, 3.63) is 28.8 Å². The fourth-order valence-electron chi connectivity index (χ4n) is 1.83. The molecule has 0 saturated heterocycles. The number of nitrogens with zero attached hydrogens (tertiary/aromatic N) is 1. The molecule has 0 aliphatic carbocycles. The van der Waals surface area contributed by atoms with E-state index < -0.39 is 6.10 Å². The van der Waals surface area contributed by atoms with Crippen molar-refractivity contribution in [2.45, 2.75) is 12.6 Å². The van der Waals surface area contributed by atoms with Gasteiger partial charge < -0.3 is 14.6 Å². The Balaban J connectivity index is 2.63. The summed E-state index contributed by atoms with van der Waals surface area (Å²) >= 11 is 5.97. The molecule has 0 heterocycles. The predicted molar refractivity (Wildman–Crippen MR) is 72.2 cm³/mol. The van der Waals surface area contributed by atoms with Gasteiger partial charge >= 0.3 is 0 Å². The lowest BCUT2D eigenvalue weighted by Gasteiger charge is -2.21. The molecular weight excluding hydrogens is 254 g/mol. The van der Waals surface area contributed by atoms with E-state index in [0.717, 1.165) is 11.3 Å². The van der Waals surface area contributed by atoms with Crippen LogP contribution in [0.5, 0.6) is 5.75 Å². The average molecular weight is 274 g/mol. The highest BCUT2D eigenvalue weighted by Gasteiger charge is 2.11. The number of halogens is 1. The number of hydrogen-bond donors (Lipinski definition) is 1. The average Bonchev–Trinajstić information content (AvgIpc) is 2.29. The van der Waals surface area contributed by atoms with Crippen molar-refractivity contribution in [2.24, 2.45) is 0 Å². The second-order valence-electron chi connectivity index (χ2n) is 4.26. The Morgan fingerprint density at radius 1 is 1.39 bits per heavy atom. The maximum Gasteiger partial charge on any atom is 0.123 e. The highest BCUT2D eigenvalue weighted by atomic mass is 35.5. The number of aliphatic hydroxyl groups is 1. The lowest BCUT2D eigenvalue weighted by molar-refractivity contribution is 0.0417. The number of hydrogen-bond acceptors (Lipinski definition) is 4. The number of ether oxygens (including phenoxy) is 2. The highest BCUT2D eigenvalue weighted by Crippen LogP contribution is 2.23. The largest absolute Gasteiger partial charge is 0.496 e. The summed E-state index contributed by atoms with van der Waals surface area (Å²) in [6, 6.07) is 5.51. The van der Waals surface area contributed by atoms with Gasteiger partial charge in [0.15, 0.2) is 0 Å². The molecule has 0 spiro atoms. The van der Waals surface area contributed by atoms with E-state index in [4.69, 9.17) is 21.1 Å². The molecule has 1 aromatic rings. The van der Waals surface area contributed by atoms with E-state index in [-0.39, 0.29) is 0 Å². The summed E-state index contributed by atoms with van der Waals surface area (Å²) in [6.07, 6.45) is -0.495. The molecule has 1 aromatic carbocycles. The summed E-state index contributed by atoms with van der Waals surface area (Å²) in [5.41, 5.74) is 0.997. The molecule has 0 saturated carbocycles. The van der Waals surface area contributed by atoms with Crippen LogP contribution in [-0.4, -0.2) is 50.5 Å². The molecule has 18 heavy (non-hydrogen) atoms. The van der Waals surface area contributed by atoms with Gasteiger partial charge in [-0.25, -0.2) is 0 Å². The van der Waals surface area contributed by atoms with Gasteiger partial charge in [0.1, 0.15) is 5.75 Å². The van der Waals surface area contributed by atoms with Crippen LogP contribution in [0.2, 0.25) is 5.02 Å². The maximum atomic E-state index is 9.65. The molecule has 1 rings (SSSR count). The van der Waals surface area contributed by atoms with Crippen molar-refractivity contribution >= 4 is 11.6 Å². The monoisotopic (exact) mass is 273 g/mol. The van der Waals surface area contributed by atoms with E-state index in [2.05, 4.69) is 0 Å². The Hall–Kier alpha value is -0.810. The van der Waals surface area contributed by atoms with Crippen LogP contribution in [0.15, 0.2) is 18.2 Å². The van der Waals surface area contributed by atoms with Gasteiger partial charge in [-0.3, -0.25) is 4.90 Å². The second-order valence-corrected chi connectivity index (χ2v) is 4.70. The topological polar surface area (TPSA) is 41.9 Å². The number of methoxy groups -OCH3 is 2. The first kappa shape index (κ1) is 15.2. The Bertz CT molecular complexity index is 373. The van der Waals surface area contributed by atoms with Crippen LogP contribution in [-0.2, 0) is 11.3 Å². The Labute approximate surface area is 113 Å². The molecule has 0 fully saturated rings. The minimum Gasteiger partial charge on any atom is -0.496 e. The third kappa shape index (κ3) is 4.82. The number of aliphatic hydroxyl groups excluding tert-OH is 1. The molecule has 0 bridgehead atoms. The van der Waals surface area contributed by atoms with Crippen LogP contribution < -0.4 is 4.74 Å². The van der Waals surface area contributed by atoms with Gasteiger partial charge in [-0.15, -0.1) is 0 Å². The molecule has 0 amide bonds. The van der Waals surface area contributed by atoms with Crippen LogP contribution in [0.3, 0.4) is 0 Å². The van der Waals surface area contributed by atoms with Gasteiger partial charge in [-0.05, 0) is 25.2 Å². The van der Waals surface area contributed by atoms with Gasteiger partial charge in [0.2, 0.25) is 0 Å². The molecule has 1 atom stereocenters. The normalized spacial score (nSPS) is 12.8. The second kappa shape index (κ2) is 7.59. The van der Waals surface area contributed by atoms with Crippen molar-refractivity contribution in [3.63, 3.8) is 0 Å².